The number of halogens is 1. The molecule has 0 aliphatic carbocycles. The summed E-state index contributed by atoms with van der Waals surface area (Å²) in [4.78, 5) is 20.9. The van der Waals surface area contributed by atoms with Crippen LogP contribution in [0.1, 0.15) is 47.1 Å². The third kappa shape index (κ3) is 5.38. The molecular weight excluding hydrogens is 488 g/mol. The van der Waals surface area contributed by atoms with Crippen LogP contribution in [0.25, 0.3) is 11.1 Å². The van der Waals surface area contributed by atoms with E-state index in [1.165, 1.54) is 11.8 Å². The van der Waals surface area contributed by atoms with Crippen molar-refractivity contribution in [3.8, 4) is 0 Å². The normalized spacial score (nSPS) is 11.0. The molecule has 0 saturated heterocycles. The van der Waals surface area contributed by atoms with Gasteiger partial charge in [0.25, 0.3) is 5.91 Å². The molecule has 0 aliphatic rings. The lowest BCUT2D eigenvalue weighted by Gasteiger charge is -2.10. The second-order valence-electron chi connectivity index (χ2n) is 7.66. The largest absolute Gasteiger partial charge is 0.440 e. The minimum atomic E-state index is -0.329. The third-order valence-corrected chi connectivity index (χ3v) is 5.52. The molecule has 2 N–H and O–H groups in total. The quantitative estimate of drug-likeness (QED) is 0.330. The first-order chi connectivity index (χ1) is 15.4. The fourth-order valence-corrected chi connectivity index (χ4v) is 3.76. The van der Waals surface area contributed by atoms with Crippen LogP contribution in [0.4, 0.5) is 5.69 Å². The number of amides is 1. The molecule has 32 heavy (non-hydrogen) atoms. The number of benzene rings is 2. The number of rotatable bonds is 5. The lowest BCUT2D eigenvalue weighted by atomic mass is 10.0. The van der Waals surface area contributed by atoms with Crippen LogP contribution in [-0.2, 0) is 6.42 Å². The van der Waals surface area contributed by atoms with Gasteiger partial charge < -0.3 is 9.73 Å². The van der Waals surface area contributed by atoms with Crippen LogP contribution < -0.4 is 10.6 Å². The number of aromatic nitrogens is 2. The summed E-state index contributed by atoms with van der Waals surface area (Å²) in [7, 11) is 0. The number of carbonyl (C=O) groups excluding carboxylic acids is 1. The highest BCUT2D eigenvalue weighted by Gasteiger charge is 2.11. The number of carbonyl (C=O) groups is 1. The van der Waals surface area contributed by atoms with Crippen LogP contribution in [0, 0.1) is 0 Å². The summed E-state index contributed by atoms with van der Waals surface area (Å²) in [6.45, 7) is 4.32. The molecule has 0 fully saturated rings. The first-order valence-corrected chi connectivity index (χ1v) is 11.3. The second kappa shape index (κ2) is 9.58. The number of fused-ring (bicyclic) bond motifs is 1. The van der Waals surface area contributed by atoms with E-state index < -0.39 is 0 Å². The maximum absolute atomic E-state index is 12.3. The van der Waals surface area contributed by atoms with Gasteiger partial charge in [-0.25, -0.2) is 4.98 Å². The molecule has 0 unspecified atom stereocenters. The Balaban J connectivity index is 1.37. The van der Waals surface area contributed by atoms with E-state index in [9.17, 15) is 4.79 Å². The van der Waals surface area contributed by atoms with E-state index >= 15 is 0 Å². The van der Waals surface area contributed by atoms with E-state index in [1.807, 2.05) is 30.3 Å². The Morgan fingerprint density at radius 2 is 1.91 bits per heavy atom. The number of nitrogens with zero attached hydrogens (tertiary/aromatic N) is 2. The Kier molecular flexibility index (Phi) is 6.62. The number of oxazole rings is 1. The summed E-state index contributed by atoms with van der Waals surface area (Å²) >= 11 is 8.55. The molecule has 0 radical (unpaired) electrons. The highest BCUT2D eigenvalue weighted by molar-refractivity contribution is 9.10. The smallest absolute Gasteiger partial charge is 0.259 e. The van der Waals surface area contributed by atoms with E-state index in [0.29, 0.717) is 23.8 Å². The fourth-order valence-electron chi connectivity index (χ4n) is 3.18. The van der Waals surface area contributed by atoms with E-state index in [1.54, 1.807) is 12.3 Å². The van der Waals surface area contributed by atoms with Crippen molar-refractivity contribution in [2.75, 3.05) is 5.32 Å². The van der Waals surface area contributed by atoms with Crippen molar-refractivity contribution >= 4 is 56.0 Å². The van der Waals surface area contributed by atoms with Gasteiger partial charge in [-0.2, -0.15) is 0 Å². The van der Waals surface area contributed by atoms with Gasteiger partial charge in [0.2, 0.25) is 0 Å². The van der Waals surface area contributed by atoms with Gasteiger partial charge >= 0.3 is 0 Å². The summed E-state index contributed by atoms with van der Waals surface area (Å²) in [6, 6.07) is 15.6. The summed E-state index contributed by atoms with van der Waals surface area (Å²) in [6.07, 6.45) is 3.68. The zero-order chi connectivity index (χ0) is 22.7. The lowest BCUT2D eigenvalue weighted by molar-refractivity contribution is 0.0977. The van der Waals surface area contributed by atoms with Crippen LogP contribution in [0.5, 0.6) is 0 Å². The summed E-state index contributed by atoms with van der Waals surface area (Å²) in [5.74, 6) is 0.790. The summed E-state index contributed by atoms with van der Waals surface area (Å²) in [5, 5.41) is 5.87. The number of pyridine rings is 1. The van der Waals surface area contributed by atoms with Crippen LogP contribution >= 0.6 is 28.1 Å². The third-order valence-electron chi connectivity index (χ3n) is 4.88. The minimum absolute atomic E-state index is 0.211. The highest BCUT2D eigenvalue weighted by atomic mass is 79.9. The van der Waals surface area contributed by atoms with E-state index in [4.69, 9.17) is 16.6 Å². The van der Waals surface area contributed by atoms with Crippen LogP contribution in [0.2, 0.25) is 0 Å². The van der Waals surface area contributed by atoms with Gasteiger partial charge in [-0.3, -0.25) is 15.1 Å². The zero-order valence-corrected chi connectivity index (χ0v) is 20.0. The SMILES string of the molecule is CC(C)c1ccc2oc(Cc3ccc(NC(=S)NC(=O)c4cncc(Br)c4)cc3)nc2c1. The average Bonchev–Trinajstić information content (AvgIpc) is 3.16. The van der Waals surface area contributed by atoms with E-state index in [-0.39, 0.29) is 11.0 Å². The number of nitrogens with one attached hydrogen (secondary N) is 2. The number of hydrogen-bond donors (Lipinski definition) is 2. The number of anilines is 1. The molecule has 0 spiro atoms. The maximum Gasteiger partial charge on any atom is 0.259 e. The zero-order valence-electron chi connectivity index (χ0n) is 17.6. The van der Waals surface area contributed by atoms with Crippen molar-refractivity contribution in [1.82, 2.24) is 15.3 Å². The van der Waals surface area contributed by atoms with Gasteiger partial charge in [-0.15, -0.1) is 0 Å². The second-order valence-corrected chi connectivity index (χ2v) is 8.99. The Morgan fingerprint density at radius 3 is 2.62 bits per heavy atom. The number of thiocarbonyl (C=S) groups is 1. The van der Waals surface area contributed by atoms with Crippen molar-refractivity contribution in [3.63, 3.8) is 0 Å². The number of hydrogen-bond acceptors (Lipinski definition) is 5. The highest BCUT2D eigenvalue weighted by Crippen LogP contribution is 2.23. The monoisotopic (exact) mass is 508 g/mol. The van der Waals surface area contributed by atoms with Crippen LogP contribution in [-0.4, -0.2) is 21.0 Å². The Hall–Kier alpha value is -3.10. The summed E-state index contributed by atoms with van der Waals surface area (Å²) in [5.41, 5.74) is 5.16. The Labute approximate surface area is 199 Å². The Bertz CT molecular complexity index is 1280. The molecule has 4 rings (SSSR count). The van der Waals surface area contributed by atoms with Gasteiger partial charge in [0.05, 0.1) is 5.56 Å². The van der Waals surface area contributed by atoms with E-state index in [0.717, 1.165) is 26.8 Å². The molecule has 0 saturated carbocycles. The first-order valence-electron chi connectivity index (χ1n) is 10.1. The molecule has 1 amide bonds. The molecule has 0 bridgehead atoms. The molecule has 2 aromatic carbocycles. The Morgan fingerprint density at radius 1 is 1.12 bits per heavy atom. The first kappa shape index (κ1) is 22.1. The van der Waals surface area contributed by atoms with Gasteiger partial charge in [-0.1, -0.05) is 32.0 Å². The van der Waals surface area contributed by atoms with Crippen molar-refractivity contribution in [3.05, 3.63) is 88.0 Å². The van der Waals surface area contributed by atoms with Gasteiger partial charge in [-0.05, 0) is 75.5 Å². The molecule has 8 heteroatoms. The maximum atomic E-state index is 12.3. The molecule has 0 aliphatic heterocycles. The van der Waals surface area contributed by atoms with E-state index in [2.05, 4.69) is 62.5 Å². The predicted molar refractivity (Wildman–Crippen MR) is 133 cm³/mol. The van der Waals surface area contributed by atoms with Crippen molar-refractivity contribution in [2.24, 2.45) is 0 Å². The summed E-state index contributed by atoms with van der Waals surface area (Å²) < 4.78 is 6.61. The molecule has 2 aromatic heterocycles. The molecule has 6 nitrogen and oxygen atoms in total. The molecular formula is C24H21BrN4O2S. The molecule has 162 valence electrons. The van der Waals surface area contributed by atoms with Gasteiger partial charge in [0.1, 0.15) is 5.52 Å². The fraction of sp³-hybridized carbons (Fsp3) is 0.167. The van der Waals surface area contributed by atoms with Crippen molar-refractivity contribution in [2.45, 2.75) is 26.2 Å². The molecule has 4 aromatic rings. The van der Waals surface area contributed by atoms with Gasteiger partial charge in [0.15, 0.2) is 16.6 Å². The lowest BCUT2D eigenvalue weighted by Crippen LogP contribution is -2.34. The molecule has 2 heterocycles. The van der Waals surface area contributed by atoms with Crippen molar-refractivity contribution < 1.29 is 9.21 Å². The minimum Gasteiger partial charge on any atom is -0.440 e. The van der Waals surface area contributed by atoms with Crippen molar-refractivity contribution in [1.29, 1.82) is 0 Å². The van der Waals surface area contributed by atoms with Gasteiger partial charge in [0, 0.05) is 29.0 Å². The van der Waals surface area contributed by atoms with Crippen LogP contribution in [0.3, 0.4) is 0 Å². The topological polar surface area (TPSA) is 80.0 Å². The van der Waals surface area contributed by atoms with Crippen LogP contribution in [0.15, 0.2) is 69.8 Å². The molecule has 0 atom stereocenters. The predicted octanol–water partition coefficient (Wildman–Crippen LogP) is 5.83. The standard InChI is InChI=1S/C24H21BrN4O2S/c1-14(2)16-5-8-21-20(11-16)28-22(31-21)9-15-3-6-19(7-4-15)27-24(32)29-23(30)17-10-18(25)13-26-12-17/h3-8,10-14H,9H2,1-2H3,(H2,27,29,30,32). The average molecular weight is 509 g/mol.